The Kier molecular flexibility index (Phi) is 6.47. The molecule has 2 saturated heterocycles. The quantitative estimate of drug-likeness (QED) is 0.741. The summed E-state index contributed by atoms with van der Waals surface area (Å²) >= 11 is 0. The summed E-state index contributed by atoms with van der Waals surface area (Å²) in [5.41, 5.74) is 6.08. The van der Waals surface area contributed by atoms with Crippen LogP contribution in [0.4, 0.5) is 5.69 Å². The van der Waals surface area contributed by atoms with Crippen LogP contribution >= 0.6 is 0 Å². The molecule has 0 spiro atoms. The van der Waals surface area contributed by atoms with Crippen LogP contribution in [0, 0.1) is 5.92 Å². The van der Waals surface area contributed by atoms with Gasteiger partial charge in [-0.2, -0.15) is 0 Å². The first kappa shape index (κ1) is 22.1. The largest absolute Gasteiger partial charge is 0.352 e. The molecule has 3 aliphatic rings. The van der Waals surface area contributed by atoms with Crippen LogP contribution in [0.5, 0.6) is 0 Å². The summed E-state index contributed by atoms with van der Waals surface area (Å²) in [4.78, 5) is 32.1. The van der Waals surface area contributed by atoms with Crippen molar-refractivity contribution in [3.63, 3.8) is 0 Å². The standard InChI is InChI=1S/C27H34N4O2/c1-29-10-12-30(13-11-29)18-21-5-2-4-20(14-21)17-28-27(33)24-16-26(32)31(19-24)25-9-8-22-6-3-7-23(22)15-25/h2,4-5,8-9,14-15,24H,3,6-7,10-13,16-19H2,1H3,(H,28,33). The molecule has 2 heterocycles. The lowest BCUT2D eigenvalue weighted by Crippen LogP contribution is -2.43. The van der Waals surface area contributed by atoms with Crippen molar-refractivity contribution in [2.24, 2.45) is 5.92 Å². The van der Waals surface area contributed by atoms with Crippen molar-refractivity contribution < 1.29 is 9.59 Å². The second-order valence-corrected chi connectivity index (χ2v) is 9.83. The van der Waals surface area contributed by atoms with Crippen LogP contribution in [-0.4, -0.2) is 61.4 Å². The van der Waals surface area contributed by atoms with E-state index in [-0.39, 0.29) is 24.2 Å². The van der Waals surface area contributed by atoms with Gasteiger partial charge in [0.15, 0.2) is 0 Å². The minimum Gasteiger partial charge on any atom is -0.352 e. The van der Waals surface area contributed by atoms with Crippen molar-refractivity contribution in [3.05, 3.63) is 64.7 Å². The lowest BCUT2D eigenvalue weighted by Gasteiger charge is -2.32. The average Bonchev–Trinajstić information content (AvgIpc) is 3.45. The topological polar surface area (TPSA) is 55.9 Å². The highest BCUT2D eigenvalue weighted by atomic mass is 16.2. The van der Waals surface area contributed by atoms with E-state index < -0.39 is 0 Å². The number of fused-ring (bicyclic) bond motifs is 1. The molecule has 6 nitrogen and oxygen atoms in total. The summed E-state index contributed by atoms with van der Waals surface area (Å²) in [6.45, 7) is 6.31. The van der Waals surface area contributed by atoms with Gasteiger partial charge < -0.3 is 15.1 Å². The summed E-state index contributed by atoms with van der Waals surface area (Å²) in [6, 6.07) is 14.8. The Balaban J connectivity index is 1.15. The van der Waals surface area contributed by atoms with E-state index in [2.05, 4.69) is 58.6 Å². The zero-order valence-corrected chi connectivity index (χ0v) is 19.6. The summed E-state index contributed by atoms with van der Waals surface area (Å²) in [5, 5.41) is 3.07. The molecule has 1 atom stereocenters. The number of carbonyl (C=O) groups is 2. The second-order valence-electron chi connectivity index (χ2n) is 9.83. The Bertz CT molecular complexity index is 1030. The maximum absolute atomic E-state index is 12.9. The highest BCUT2D eigenvalue weighted by Gasteiger charge is 2.35. The second kappa shape index (κ2) is 9.65. The number of likely N-dealkylation sites (N-methyl/N-ethyl adjacent to an activating group) is 1. The summed E-state index contributed by atoms with van der Waals surface area (Å²) in [7, 11) is 2.17. The predicted molar refractivity (Wildman–Crippen MR) is 130 cm³/mol. The fourth-order valence-electron chi connectivity index (χ4n) is 5.29. The van der Waals surface area contributed by atoms with Gasteiger partial charge in [0.2, 0.25) is 11.8 Å². The number of nitrogens with one attached hydrogen (secondary N) is 1. The van der Waals surface area contributed by atoms with Crippen LogP contribution in [-0.2, 0) is 35.5 Å². The fraction of sp³-hybridized carbons (Fsp3) is 0.481. The van der Waals surface area contributed by atoms with Gasteiger partial charge in [0.25, 0.3) is 0 Å². The van der Waals surface area contributed by atoms with Gasteiger partial charge in [-0.25, -0.2) is 0 Å². The molecule has 1 aliphatic carbocycles. The third-order valence-corrected chi connectivity index (χ3v) is 7.35. The van der Waals surface area contributed by atoms with Crippen LogP contribution in [0.3, 0.4) is 0 Å². The maximum Gasteiger partial charge on any atom is 0.227 e. The van der Waals surface area contributed by atoms with Crippen LogP contribution in [0.15, 0.2) is 42.5 Å². The number of carbonyl (C=O) groups excluding carboxylic acids is 2. The Morgan fingerprint density at radius 2 is 1.79 bits per heavy atom. The van der Waals surface area contributed by atoms with Crippen molar-refractivity contribution >= 4 is 17.5 Å². The zero-order valence-electron chi connectivity index (χ0n) is 19.6. The Hall–Kier alpha value is -2.70. The molecule has 33 heavy (non-hydrogen) atoms. The minimum absolute atomic E-state index is 0.0310. The number of piperazine rings is 1. The van der Waals surface area contributed by atoms with Crippen molar-refractivity contribution in [1.29, 1.82) is 0 Å². The number of aryl methyl sites for hydroxylation is 2. The molecule has 5 rings (SSSR count). The Labute approximate surface area is 196 Å². The number of hydrogen-bond donors (Lipinski definition) is 1. The highest BCUT2D eigenvalue weighted by Crippen LogP contribution is 2.30. The predicted octanol–water partition coefficient (Wildman–Crippen LogP) is 2.59. The Morgan fingerprint density at radius 1 is 1.00 bits per heavy atom. The van der Waals surface area contributed by atoms with E-state index in [1.165, 1.54) is 23.1 Å². The van der Waals surface area contributed by atoms with Crippen LogP contribution < -0.4 is 10.2 Å². The average molecular weight is 447 g/mol. The molecule has 0 saturated carbocycles. The number of hydrogen-bond acceptors (Lipinski definition) is 4. The molecule has 0 aromatic heterocycles. The lowest BCUT2D eigenvalue weighted by atomic mass is 10.1. The molecule has 2 aromatic rings. The monoisotopic (exact) mass is 446 g/mol. The van der Waals surface area contributed by atoms with E-state index in [4.69, 9.17) is 0 Å². The smallest absolute Gasteiger partial charge is 0.227 e. The van der Waals surface area contributed by atoms with Gasteiger partial charge in [-0.1, -0.05) is 30.3 Å². The van der Waals surface area contributed by atoms with Crippen LogP contribution in [0.25, 0.3) is 0 Å². The van der Waals surface area contributed by atoms with Gasteiger partial charge in [-0.3, -0.25) is 14.5 Å². The molecule has 2 amide bonds. The van der Waals surface area contributed by atoms with Gasteiger partial charge >= 0.3 is 0 Å². The normalized spacial score (nSPS) is 21.4. The zero-order chi connectivity index (χ0) is 22.8. The van der Waals surface area contributed by atoms with Crippen molar-refractivity contribution in [3.8, 4) is 0 Å². The summed E-state index contributed by atoms with van der Waals surface area (Å²) < 4.78 is 0. The lowest BCUT2D eigenvalue weighted by molar-refractivity contribution is -0.126. The van der Waals surface area contributed by atoms with Crippen LogP contribution in [0.2, 0.25) is 0 Å². The first-order chi connectivity index (χ1) is 16.0. The van der Waals surface area contributed by atoms with E-state index in [0.29, 0.717) is 13.1 Å². The number of rotatable bonds is 6. The molecule has 2 aliphatic heterocycles. The molecule has 0 bridgehead atoms. The number of amides is 2. The third kappa shape index (κ3) is 5.12. The highest BCUT2D eigenvalue weighted by molar-refractivity contribution is 6.00. The molecule has 174 valence electrons. The molecular formula is C27H34N4O2. The first-order valence-corrected chi connectivity index (χ1v) is 12.2. The van der Waals surface area contributed by atoms with Gasteiger partial charge in [0.1, 0.15) is 0 Å². The Morgan fingerprint density at radius 3 is 2.64 bits per heavy atom. The van der Waals surface area contributed by atoms with Crippen molar-refractivity contribution in [2.75, 3.05) is 44.7 Å². The van der Waals surface area contributed by atoms with Gasteiger partial charge in [0, 0.05) is 57.9 Å². The SMILES string of the molecule is CN1CCN(Cc2cccc(CNC(=O)C3CC(=O)N(c4ccc5c(c4)CCC5)C3)c2)CC1. The van der Waals surface area contributed by atoms with Gasteiger partial charge in [-0.15, -0.1) is 0 Å². The number of anilines is 1. The summed E-state index contributed by atoms with van der Waals surface area (Å²) in [6.07, 6.45) is 3.69. The molecule has 6 heteroatoms. The fourth-order valence-corrected chi connectivity index (χ4v) is 5.29. The minimum atomic E-state index is -0.292. The number of benzene rings is 2. The van der Waals surface area contributed by atoms with Gasteiger partial charge in [-0.05, 0) is 60.7 Å². The molecule has 0 radical (unpaired) electrons. The third-order valence-electron chi connectivity index (χ3n) is 7.35. The van der Waals surface area contributed by atoms with E-state index in [1.807, 2.05) is 6.07 Å². The maximum atomic E-state index is 12.9. The molecule has 1 N–H and O–H groups in total. The van der Waals surface area contributed by atoms with E-state index in [9.17, 15) is 9.59 Å². The van der Waals surface area contributed by atoms with Gasteiger partial charge in [0.05, 0.1) is 5.92 Å². The van der Waals surface area contributed by atoms with E-state index in [1.54, 1.807) is 4.90 Å². The molecule has 2 fully saturated rings. The van der Waals surface area contributed by atoms with Crippen molar-refractivity contribution in [1.82, 2.24) is 15.1 Å². The number of nitrogens with zero attached hydrogens (tertiary/aromatic N) is 3. The summed E-state index contributed by atoms with van der Waals surface area (Å²) in [5.74, 6) is -0.280. The molecule has 2 aromatic carbocycles. The first-order valence-electron chi connectivity index (χ1n) is 12.2. The van der Waals surface area contributed by atoms with E-state index >= 15 is 0 Å². The van der Waals surface area contributed by atoms with Crippen LogP contribution in [0.1, 0.15) is 35.1 Å². The van der Waals surface area contributed by atoms with Crippen molar-refractivity contribution in [2.45, 2.75) is 38.8 Å². The van der Waals surface area contributed by atoms with E-state index in [0.717, 1.165) is 56.8 Å². The molecular weight excluding hydrogens is 412 g/mol. The molecule has 1 unspecified atom stereocenters.